The molecule has 1 aliphatic heterocycles. The van der Waals surface area contributed by atoms with Crippen molar-refractivity contribution in [1.82, 2.24) is 0 Å². The second-order valence-electron chi connectivity index (χ2n) is 5.80. The third kappa shape index (κ3) is 2.52. The van der Waals surface area contributed by atoms with Crippen molar-refractivity contribution < 1.29 is 9.47 Å². The van der Waals surface area contributed by atoms with Gasteiger partial charge in [-0.15, -0.1) is 0 Å². The minimum absolute atomic E-state index is 0.422. The van der Waals surface area contributed by atoms with Crippen molar-refractivity contribution in [3.63, 3.8) is 0 Å². The van der Waals surface area contributed by atoms with Gasteiger partial charge in [0, 0.05) is 18.5 Å². The molecular weight excluding hydrogens is 252 g/mol. The quantitative estimate of drug-likeness (QED) is 0.899. The highest BCUT2D eigenvalue weighted by Gasteiger charge is 2.46. The average molecular weight is 272 g/mol. The van der Waals surface area contributed by atoms with Crippen LogP contribution >= 0.6 is 0 Å². The number of aryl methyl sites for hydroxylation is 1. The number of hydrogen-bond donors (Lipinski definition) is 1. The molecule has 0 bridgehead atoms. The van der Waals surface area contributed by atoms with Crippen molar-refractivity contribution in [3.05, 3.63) is 29.8 Å². The fourth-order valence-corrected chi connectivity index (χ4v) is 3.11. The van der Waals surface area contributed by atoms with Crippen LogP contribution in [0.25, 0.3) is 0 Å². The Morgan fingerprint density at radius 1 is 1.15 bits per heavy atom. The molecule has 2 fully saturated rings. The minimum Gasteiger partial charge on any atom is -0.367 e. The summed E-state index contributed by atoms with van der Waals surface area (Å²) in [6.45, 7) is 3.40. The summed E-state index contributed by atoms with van der Waals surface area (Å²) in [6.07, 6.45) is 3.05. The molecule has 1 aromatic carbocycles. The summed E-state index contributed by atoms with van der Waals surface area (Å²) in [5.41, 5.74) is 1.70. The van der Waals surface area contributed by atoms with Gasteiger partial charge in [0.1, 0.15) is 5.54 Å². The van der Waals surface area contributed by atoms with Crippen molar-refractivity contribution >= 4 is 5.69 Å². The van der Waals surface area contributed by atoms with E-state index in [4.69, 9.17) is 9.47 Å². The first-order valence-corrected chi connectivity index (χ1v) is 7.19. The summed E-state index contributed by atoms with van der Waals surface area (Å²) in [5.74, 6) is -0.422. The lowest BCUT2D eigenvalue weighted by atomic mass is 9.79. The number of nitrogens with one attached hydrogen (secondary N) is 1. The SMILES string of the molecule is Cc1cccc(NC2(C#N)CCC3(CC2)OCCO3)c1. The van der Waals surface area contributed by atoms with Crippen LogP contribution in [0.3, 0.4) is 0 Å². The van der Waals surface area contributed by atoms with Crippen LogP contribution in [0.5, 0.6) is 0 Å². The van der Waals surface area contributed by atoms with E-state index in [9.17, 15) is 5.26 Å². The molecule has 2 aliphatic rings. The van der Waals surface area contributed by atoms with Gasteiger partial charge >= 0.3 is 0 Å². The van der Waals surface area contributed by atoms with Gasteiger partial charge in [0.15, 0.2) is 5.79 Å². The first-order valence-electron chi connectivity index (χ1n) is 7.19. The topological polar surface area (TPSA) is 54.3 Å². The Kier molecular flexibility index (Phi) is 3.41. The summed E-state index contributed by atoms with van der Waals surface area (Å²) in [6, 6.07) is 10.6. The van der Waals surface area contributed by atoms with E-state index in [1.54, 1.807) is 0 Å². The number of nitriles is 1. The Labute approximate surface area is 119 Å². The molecular formula is C16H20N2O2. The number of hydrogen-bond acceptors (Lipinski definition) is 4. The summed E-state index contributed by atoms with van der Waals surface area (Å²) in [4.78, 5) is 0. The maximum absolute atomic E-state index is 9.61. The van der Waals surface area contributed by atoms with Gasteiger partial charge in [-0.2, -0.15) is 5.26 Å². The van der Waals surface area contributed by atoms with Gasteiger partial charge in [-0.05, 0) is 37.5 Å². The van der Waals surface area contributed by atoms with Crippen molar-refractivity contribution in [3.8, 4) is 6.07 Å². The van der Waals surface area contributed by atoms with Crippen LogP contribution in [0.15, 0.2) is 24.3 Å². The molecule has 20 heavy (non-hydrogen) atoms. The zero-order chi connectivity index (χ0) is 14.1. The molecule has 1 spiro atoms. The number of ether oxygens (including phenoxy) is 2. The molecule has 0 atom stereocenters. The Hall–Kier alpha value is -1.57. The Balaban J connectivity index is 1.72. The number of benzene rings is 1. The van der Waals surface area contributed by atoms with Crippen LogP contribution in [-0.2, 0) is 9.47 Å². The molecule has 106 valence electrons. The van der Waals surface area contributed by atoms with Gasteiger partial charge in [-0.1, -0.05) is 12.1 Å². The predicted octanol–water partition coefficient (Wildman–Crippen LogP) is 2.99. The summed E-state index contributed by atoms with van der Waals surface area (Å²) in [5, 5.41) is 13.0. The molecule has 0 radical (unpaired) electrons. The molecule has 4 nitrogen and oxygen atoms in total. The monoisotopic (exact) mass is 272 g/mol. The van der Waals surface area contributed by atoms with E-state index in [-0.39, 0.29) is 0 Å². The Morgan fingerprint density at radius 3 is 2.45 bits per heavy atom. The zero-order valence-electron chi connectivity index (χ0n) is 11.8. The van der Waals surface area contributed by atoms with Crippen molar-refractivity contribution in [2.24, 2.45) is 0 Å². The highest BCUT2D eigenvalue weighted by molar-refractivity contribution is 5.49. The lowest BCUT2D eigenvalue weighted by Gasteiger charge is -2.40. The van der Waals surface area contributed by atoms with Crippen LogP contribution in [-0.4, -0.2) is 24.5 Å². The van der Waals surface area contributed by atoms with Gasteiger partial charge in [0.05, 0.1) is 19.3 Å². The van der Waals surface area contributed by atoms with E-state index in [2.05, 4.69) is 30.4 Å². The summed E-state index contributed by atoms with van der Waals surface area (Å²) >= 11 is 0. The highest BCUT2D eigenvalue weighted by atomic mass is 16.7. The standard InChI is InChI=1S/C16H20N2O2/c1-13-3-2-4-14(11-13)18-15(12-17)5-7-16(8-6-15)19-9-10-20-16/h2-4,11,18H,5-10H2,1H3. The van der Waals surface area contributed by atoms with Gasteiger partial charge in [-0.25, -0.2) is 0 Å². The van der Waals surface area contributed by atoms with Crippen LogP contribution in [0.2, 0.25) is 0 Å². The second-order valence-corrected chi connectivity index (χ2v) is 5.80. The Bertz CT molecular complexity index is 520. The molecule has 1 saturated heterocycles. The lowest BCUT2D eigenvalue weighted by molar-refractivity contribution is -0.180. The van der Waals surface area contributed by atoms with E-state index < -0.39 is 11.3 Å². The molecule has 0 unspecified atom stereocenters. The van der Waals surface area contributed by atoms with E-state index in [0.29, 0.717) is 13.2 Å². The largest absolute Gasteiger partial charge is 0.367 e. The molecule has 4 heteroatoms. The molecule has 3 rings (SSSR count). The molecule has 1 saturated carbocycles. The van der Waals surface area contributed by atoms with Crippen LogP contribution < -0.4 is 5.32 Å². The fourth-order valence-electron chi connectivity index (χ4n) is 3.11. The summed E-state index contributed by atoms with van der Waals surface area (Å²) in [7, 11) is 0. The molecule has 0 amide bonds. The van der Waals surface area contributed by atoms with E-state index in [1.807, 2.05) is 12.1 Å². The second kappa shape index (κ2) is 5.08. The number of anilines is 1. The first kappa shape index (κ1) is 13.4. The lowest BCUT2D eigenvalue weighted by Crippen LogP contribution is -2.47. The third-order valence-electron chi connectivity index (χ3n) is 4.29. The molecule has 0 aromatic heterocycles. The van der Waals surface area contributed by atoms with Crippen molar-refractivity contribution in [1.29, 1.82) is 5.26 Å². The smallest absolute Gasteiger partial charge is 0.168 e. The Morgan fingerprint density at radius 2 is 1.85 bits per heavy atom. The van der Waals surface area contributed by atoms with Gasteiger partial charge < -0.3 is 14.8 Å². The number of rotatable bonds is 2. The van der Waals surface area contributed by atoms with Crippen LogP contribution in [0, 0.1) is 18.3 Å². The van der Waals surface area contributed by atoms with Gasteiger partial charge in [0.2, 0.25) is 0 Å². The first-order chi connectivity index (χ1) is 9.65. The van der Waals surface area contributed by atoms with E-state index >= 15 is 0 Å². The third-order valence-corrected chi connectivity index (χ3v) is 4.29. The van der Waals surface area contributed by atoms with Crippen molar-refractivity contribution in [2.45, 2.75) is 43.9 Å². The molecule has 1 N–H and O–H groups in total. The molecule has 1 heterocycles. The maximum Gasteiger partial charge on any atom is 0.168 e. The zero-order valence-corrected chi connectivity index (χ0v) is 11.8. The van der Waals surface area contributed by atoms with E-state index in [0.717, 1.165) is 31.4 Å². The minimum atomic E-state index is -0.506. The number of nitrogens with zero attached hydrogens (tertiary/aromatic N) is 1. The molecule has 1 aromatic rings. The van der Waals surface area contributed by atoms with Crippen LogP contribution in [0.1, 0.15) is 31.2 Å². The van der Waals surface area contributed by atoms with Crippen LogP contribution in [0.4, 0.5) is 5.69 Å². The molecule has 1 aliphatic carbocycles. The summed E-state index contributed by atoms with van der Waals surface area (Å²) < 4.78 is 11.5. The van der Waals surface area contributed by atoms with Gasteiger partial charge in [-0.3, -0.25) is 0 Å². The highest BCUT2D eigenvalue weighted by Crippen LogP contribution is 2.41. The average Bonchev–Trinajstić information content (AvgIpc) is 2.91. The normalized spacial score (nSPS) is 23.4. The fraction of sp³-hybridized carbons (Fsp3) is 0.562. The predicted molar refractivity (Wildman–Crippen MR) is 76.2 cm³/mol. The van der Waals surface area contributed by atoms with E-state index in [1.165, 1.54) is 5.56 Å². The maximum atomic E-state index is 9.61. The van der Waals surface area contributed by atoms with Gasteiger partial charge in [0.25, 0.3) is 0 Å². The van der Waals surface area contributed by atoms with Crippen molar-refractivity contribution in [2.75, 3.05) is 18.5 Å².